The minimum absolute atomic E-state index is 0.0427. The Morgan fingerprint density at radius 3 is 2.62 bits per heavy atom. The average molecular weight is 354 g/mol. The Hall–Kier alpha value is -2.81. The summed E-state index contributed by atoms with van der Waals surface area (Å²) >= 11 is 0. The number of allylic oxidation sites excluding steroid dienone is 2. The van der Waals surface area contributed by atoms with E-state index < -0.39 is 11.8 Å². The molecule has 1 aliphatic heterocycles. The lowest BCUT2D eigenvalue weighted by atomic mass is 9.68. The van der Waals surface area contributed by atoms with Crippen molar-refractivity contribution in [3.05, 3.63) is 35.1 Å². The summed E-state index contributed by atoms with van der Waals surface area (Å²) in [5.41, 5.74) is 0.907. The van der Waals surface area contributed by atoms with Crippen molar-refractivity contribution in [3.8, 4) is 17.6 Å². The van der Waals surface area contributed by atoms with E-state index in [9.17, 15) is 10.1 Å². The Morgan fingerprint density at radius 1 is 1.27 bits per heavy atom. The first-order valence-electron chi connectivity index (χ1n) is 8.46. The van der Waals surface area contributed by atoms with Crippen LogP contribution in [-0.2, 0) is 9.53 Å². The fourth-order valence-electron chi connectivity index (χ4n) is 3.86. The zero-order valence-electron chi connectivity index (χ0n) is 15.4. The minimum atomic E-state index is -0.889. The quantitative estimate of drug-likeness (QED) is 0.895. The van der Waals surface area contributed by atoms with Crippen LogP contribution < -0.4 is 9.47 Å². The van der Waals surface area contributed by atoms with E-state index in [1.54, 1.807) is 12.1 Å². The summed E-state index contributed by atoms with van der Waals surface area (Å²) in [4.78, 5) is 13.0. The predicted molar refractivity (Wildman–Crippen MR) is 95.2 cm³/mol. The zero-order valence-corrected chi connectivity index (χ0v) is 15.4. The molecule has 3 rings (SSSR count). The Balaban J connectivity index is 2.25. The van der Waals surface area contributed by atoms with Crippen molar-refractivity contribution in [1.82, 2.24) is 0 Å². The molecular formula is C20H22N2O4. The molecule has 0 bridgehead atoms. The topological polar surface area (TPSA) is 92.4 Å². The number of carbonyl (C=O) groups is 1. The molecule has 0 aromatic heterocycles. The van der Waals surface area contributed by atoms with Crippen molar-refractivity contribution in [1.29, 1.82) is 10.7 Å². The molecule has 1 aromatic rings. The molecule has 1 aliphatic carbocycles. The fourth-order valence-corrected chi connectivity index (χ4v) is 3.86. The Bertz CT molecular complexity index is 848. The molecule has 2 unspecified atom stereocenters. The van der Waals surface area contributed by atoms with Crippen molar-refractivity contribution in [2.24, 2.45) is 11.3 Å². The smallest absolute Gasteiger partial charge is 0.205 e. The highest BCUT2D eigenvalue weighted by Crippen LogP contribution is 2.50. The van der Waals surface area contributed by atoms with Gasteiger partial charge in [0, 0.05) is 29.9 Å². The molecule has 26 heavy (non-hydrogen) atoms. The molecule has 1 heterocycles. The van der Waals surface area contributed by atoms with E-state index in [4.69, 9.17) is 19.6 Å². The van der Waals surface area contributed by atoms with Crippen LogP contribution in [-0.4, -0.2) is 25.9 Å². The molecule has 2 aliphatic rings. The van der Waals surface area contributed by atoms with Gasteiger partial charge in [-0.05, 0) is 11.5 Å². The van der Waals surface area contributed by atoms with Gasteiger partial charge in [0.15, 0.2) is 17.3 Å². The molecule has 136 valence electrons. The molecule has 0 spiro atoms. The van der Waals surface area contributed by atoms with Crippen LogP contribution >= 0.6 is 0 Å². The standard InChI is InChI=1S/C20H22N2O4/c1-20(2)8-13(23)17-15(9-20)26-19(22)12(10-21)16(17)11-6-5-7-14(24-3)18(11)25-4/h5-7,12,16,22H,8-9H2,1-4H3. The molecule has 1 N–H and O–H groups in total. The van der Waals surface area contributed by atoms with Crippen LogP contribution in [0.15, 0.2) is 29.5 Å². The molecule has 0 saturated heterocycles. The third-order valence-corrected chi connectivity index (χ3v) is 4.95. The lowest BCUT2D eigenvalue weighted by Gasteiger charge is -2.39. The summed E-state index contributed by atoms with van der Waals surface area (Å²) in [5, 5.41) is 17.9. The molecular weight excluding hydrogens is 332 g/mol. The predicted octanol–water partition coefficient (Wildman–Crippen LogP) is 3.58. The van der Waals surface area contributed by atoms with Crippen LogP contribution in [0.3, 0.4) is 0 Å². The highest BCUT2D eigenvalue weighted by atomic mass is 16.5. The summed E-state index contributed by atoms with van der Waals surface area (Å²) < 4.78 is 16.5. The first-order chi connectivity index (χ1) is 12.3. The van der Waals surface area contributed by atoms with Gasteiger partial charge in [0.25, 0.3) is 0 Å². The van der Waals surface area contributed by atoms with Crippen LogP contribution in [0.2, 0.25) is 0 Å². The van der Waals surface area contributed by atoms with E-state index in [1.807, 2.05) is 19.9 Å². The number of para-hydroxylation sites is 1. The van der Waals surface area contributed by atoms with Gasteiger partial charge in [-0.1, -0.05) is 26.0 Å². The minimum Gasteiger partial charge on any atom is -0.493 e. The van der Waals surface area contributed by atoms with Gasteiger partial charge in [-0.15, -0.1) is 0 Å². The van der Waals surface area contributed by atoms with Gasteiger partial charge in [0.2, 0.25) is 5.90 Å². The van der Waals surface area contributed by atoms with Crippen molar-refractivity contribution >= 4 is 11.7 Å². The van der Waals surface area contributed by atoms with Crippen molar-refractivity contribution < 1.29 is 19.0 Å². The largest absolute Gasteiger partial charge is 0.493 e. The van der Waals surface area contributed by atoms with Gasteiger partial charge in [-0.25, -0.2) is 0 Å². The lowest BCUT2D eigenvalue weighted by molar-refractivity contribution is -0.119. The summed E-state index contributed by atoms with van der Waals surface area (Å²) in [5.74, 6) is -0.183. The maximum absolute atomic E-state index is 13.0. The van der Waals surface area contributed by atoms with Gasteiger partial charge in [0.1, 0.15) is 11.7 Å². The summed E-state index contributed by atoms with van der Waals surface area (Å²) in [6.45, 7) is 4.00. The van der Waals surface area contributed by atoms with Gasteiger partial charge in [0.05, 0.1) is 20.3 Å². The Kier molecular flexibility index (Phi) is 4.49. The molecule has 0 saturated carbocycles. The second-order valence-corrected chi connectivity index (χ2v) is 7.41. The number of benzene rings is 1. The van der Waals surface area contributed by atoms with E-state index in [-0.39, 0.29) is 17.1 Å². The average Bonchev–Trinajstić information content (AvgIpc) is 2.58. The third kappa shape index (κ3) is 2.84. The van der Waals surface area contributed by atoms with Gasteiger partial charge < -0.3 is 14.2 Å². The Morgan fingerprint density at radius 2 is 2.00 bits per heavy atom. The number of Topliss-reactive ketones (excluding diaryl/α,β-unsaturated/α-hetero) is 1. The van der Waals surface area contributed by atoms with Crippen LogP contribution in [0.25, 0.3) is 0 Å². The molecule has 6 heteroatoms. The highest BCUT2D eigenvalue weighted by Gasteiger charge is 2.47. The number of hydrogen-bond donors (Lipinski definition) is 1. The monoisotopic (exact) mass is 354 g/mol. The second kappa shape index (κ2) is 6.49. The summed E-state index contributed by atoms with van der Waals surface area (Å²) in [6.07, 6.45) is 0.931. The molecule has 6 nitrogen and oxygen atoms in total. The van der Waals surface area contributed by atoms with Gasteiger partial charge >= 0.3 is 0 Å². The number of nitrogens with zero attached hydrogens (tertiary/aromatic N) is 1. The van der Waals surface area contributed by atoms with Crippen LogP contribution in [0.4, 0.5) is 0 Å². The maximum atomic E-state index is 13.0. The summed E-state index contributed by atoms with van der Waals surface area (Å²) in [7, 11) is 3.06. The number of rotatable bonds is 3. The van der Waals surface area contributed by atoms with Crippen LogP contribution in [0.1, 0.15) is 38.2 Å². The summed E-state index contributed by atoms with van der Waals surface area (Å²) in [6, 6.07) is 7.50. The fraction of sp³-hybridized carbons (Fsp3) is 0.450. The molecule has 0 fully saturated rings. The number of nitriles is 1. The number of hydrogen-bond acceptors (Lipinski definition) is 6. The number of carbonyl (C=O) groups excluding carboxylic acids is 1. The maximum Gasteiger partial charge on any atom is 0.205 e. The molecule has 0 radical (unpaired) electrons. The first kappa shape index (κ1) is 18.0. The third-order valence-electron chi connectivity index (χ3n) is 4.95. The molecule has 2 atom stereocenters. The van der Waals surface area contributed by atoms with E-state index in [0.717, 1.165) is 0 Å². The van der Waals surface area contributed by atoms with E-state index in [2.05, 4.69) is 6.07 Å². The van der Waals surface area contributed by atoms with Crippen molar-refractivity contribution in [3.63, 3.8) is 0 Å². The van der Waals surface area contributed by atoms with Gasteiger partial charge in [-0.3, -0.25) is 10.2 Å². The van der Waals surface area contributed by atoms with E-state index >= 15 is 0 Å². The number of ketones is 1. The zero-order chi connectivity index (χ0) is 19.1. The lowest BCUT2D eigenvalue weighted by Crippen LogP contribution is -2.38. The molecule has 0 amide bonds. The van der Waals surface area contributed by atoms with Crippen molar-refractivity contribution in [2.45, 2.75) is 32.6 Å². The van der Waals surface area contributed by atoms with Crippen molar-refractivity contribution in [2.75, 3.05) is 14.2 Å². The molecule has 1 aromatic carbocycles. The second-order valence-electron chi connectivity index (χ2n) is 7.41. The van der Waals surface area contributed by atoms with Crippen LogP contribution in [0.5, 0.6) is 11.5 Å². The van der Waals surface area contributed by atoms with Gasteiger partial charge in [-0.2, -0.15) is 5.26 Å². The number of ether oxygens (including phenoxy) is 3. The normalized spacial score (nSPS) is 24.4. The van der Waals surface area contributed by atoms with E-state index in [0.29, 0.717) is 41.2 Å². The number of nitrogens with one attached hydrogen (secondary N) is 1. The highest BCUT2D eigenvalue weighted by molar-refractivity contribution is 6.02. The van der Waals surface area contributed by atoms with Crippen LogP contribution in [0, 0.1) is 28.1 Å². The first-order valence-corrected chi connectivity index (χ1v) is 8.46. The van der Waals surface area contributed by atoms with E-state index in [1.165, 1.54) is 14.2 Å². The SMILES string of the molecule is COc1cccc(C2C3=C(CC(C)(C)CC3=O)OC(=N)C2C#N)c1OC. The Labute approximate surface area is 152 Å². The number of methoxy groups -OCH3 is 2.